The van der Waals surface area contributed by atoms with E-state index < -0.39 is 0 Å². The average molecular weight is 396 g/mol. The maximum absolute atomic E-state index is 13.0. The van der Waals surface area contributed by atoms with Gasteiger partial charge in [0.25, 0.3) is 0 Å². The number of benzene rings is 2. The van der Waals surface area contributed by atoms with Gasteiger partial charge in [-0.3, -0.25) is 9.69 Å². The van der Waals surface area contributed by atoms with Crippen LogP contribution in [0.25, 0.3) is 11.4 Å². The summed E-state index contributed by atoms with van der Waals surface area (Å²) >= 11 is 0. The number of rotatable bonds is 9. The molecule has 0 unspecified atom stereocenters. The third kappa shape index (κ3) is 5.96. The Labute approximate surface area is 169 Å². The summed E-state index contributed by atoms with van der Waals surface area (Å²) in [6.45, 7) is 7.08. The number of carbonyl (C=O) groups excluding carboxylic acids is 1. The fraction of sp³-hybridized carbons (Fsp3) is 0.318. The normalized spacial score (nSPS) is 11.0. The molecule has 1 amide bonds. The summed E-state index contributed by atoms with van der Waals surface area (Å²) in [5.41, 5.74) is 2.60. The van der Waals surface area contributed by atoms with E-state index in [1.165, 1.54) is 12.1 Å². The molecule has 0 spiro atoms. The lowest BCUT2D eigenvalue weighted by atomic mass is 10.1. The SMILES string of the molecule is CCN(CC)Cc1cccc(NC(=O)CCc2nc(-c3ccc(F)cc3)no2)c1. The van der Waals surface area contributed by atoms with Crippen molar-refractivity contribution in [2.24, 2.45) is 0 Å². The van der Waals surface area contributed by atoms with E-state index in [9.17, 15) is 9.18 Å². The van der Waals surface area contributed by atoms with Crippen molar-refractivity contribution in [3.05, 3.63) is 65.8 Å². The number of aromatic nitrogens is 2. The first-order valence-electron chi connectivity index (χ1n) is 9.77. The van der Waals surface area contributed by atoms with Gasteiger partial charge in [-0.05, 0) is 55.1 Å². The number of carbonyl (C=O) groups is 1. The number of nitrogens with one attached hydrogen (secondary N) is 1. The Morgan fingerprint density at radius 3 is 2.62 bits per heavy atom. The van der Waals surface area contributed by atoms with Crippen molar-refractivity contribution >= 4 is 11.6 Å². The Morgan fingerprint density at radius 1 is 1.14 bits per heavy atom. The van der Waals surface area contributed by atoms with Crippen LogP contribution in [-0.2, 0) is 17.8 Å². The van der Waals surface area contributed by atoms with Crippen LogP contribution < -0.4 is 5.32 Å². The molecule has 29 heavy (non-hydrogen) atoms. The molecular formula is C22H25FN4O2. The van der Waals surface area contributed by atoms with Crippen molar-refractivity contribution in [1.82, 2.24) is 15.0 Å². The molecule has 152 valence electrons. The largest absolute Gasteiger partial charge is 0.339 e. The molecule has 0 radical (unpaired) electrons. The van der Waals surface area contributed by atoms with Gasteiger partial charge in [-0.15, -0.1) is 0 Å². The van der Waals surface area contributed by atoms with Crippen LogP contribution in [0.4, 0.5) is 10.1 Å². The van der Waals surface area contributed by atoms with Crippen molar-refractivity contribution in [3.8, 4) is 11.4 Å². The minimum atomic E-state index is -0.324. The summed E-state index contributed by atoms with van der Waals surface area (Å²) in [4.78, 5) is 18.9. The zero-order valence-corrected chi connectivity index (χ0v) is 16.7. The van der Waals surface area contributed by atoms with Gasteiger partial charge in [-0.25, -0.2) is 4.39 Å². The molecule has 6 nitrogen and oxygen atoms in total. The van der Waals surface area contributed by atoms with E-state index in [2.05, 4.69) is 40.3 Å². The molecule has 0 aliphatic carbocycles. The first-order valence-corrected chi connectivity index (χ1v) is 9.77. The van der Waals surface area contributed by atoms with E-state index >= 15 is 0 Å². The van der Waals surface area contributed by atoms with Crippen molar-refractivity contribution in [1.29, 1.82) is 0 Å². The first-order chi connectivity index (χ1) is 14.1. The summed E-state index contributed by atoms with van der Waals surface area (Å²) in [6, 6.07) is 13.7. The van der Waals surface area contributed by atoms with E-state index in [1.54, 1.807) is 12.1 Å². The van der Waals surface area contributed by atoms with Crippen LogP contribution in [0.5, 0.6) is 0 Å². The predicted molar refractivity (Wildman–Crippen MR) is 110 cm³/mol. The quantitative estimate of drug-likeness (QED) is 0.584. The fourth-order valence-electron chi connectivity index (χ4n) is 2.97. The van der Waals surface area contributed by atoms with Gasteiger partial charge in [-0.1, -0.05) is 31.1 Å². The van der Waals surface area contributed by atoms with Crippen LogP contribution in [0, 0.1) is 5.82 Å². The summed E-state index contributed by atoms with van der Waals surface area (Å²) in [7, 11) is 0. The Morgan fingerprint density at radius 2 is 1.90 bits per heavy atom. The molecule has 0 aliphatic heterocycles. The smallest absolute Gasteiger partial charge is 0.227 e. The fourth-order valence-corrected chi connectivity index (χ4v) is 2.97. The van der Waals surface area contributed by atoms with Gasteiger partial charge in [0.15, 0.2) is 0 Å². The standard InChI is InChI=1S/C22H25FN4O2/c1-3-27(4-2)15-16-6-5-7-19(14-16)24-20(28)12-13-21-25-22(26-29-21)17-8-10-18(23)11-9-17/h5-11,14H,3-4,12-13,15H2,1-2H3,(H,24,28). The third-order valence-electron chi connectivity index (χ3n) is 4.65. The first kappa shape index (κ1) is 20.7. The van der Waals surface area contributed by atoms with Crippen molar-refractivity contribution < 1.29 is 13.7 Å². The minimum Gasteiger partial charge on any atom is -0.339 e. The van der Waals surface area contributed by atoms with E-state index in [0.717, 1.165) is 30.9 Å². The van der Waals surface area contributed by atoms with Gasteiger partial charge in [0, 0.05) is 30.6 Å². The molecule has 7 heteroatoms. The molecular weight excluding hydrogens is 371 g/mol. The average Bonchev–Trinajstić information content (AvgIpc) is 3.20. The van der Waals surface area contributed by atoms with Gasteiger partial charge in [0.1, 0.15) is 5.82 Å². The topological polar surface area (TPSA) is 71.3 Å². The highest BCUT2D eigenvalue weighted by atomic mass is 19.1. The molecule has 0 saturated heterocycles. The third-order valence-corrected chi connectivity index (χ3v) is 4.65. The molecule has 1 N–H and O–H groups in total. The molecule has 3 rings (SSSR count). The van der Waals surface area contributed by atoms with Gasteiger partial charge in [0.2, 0.25) is 17.6 Å². The molecule has 1 aromatic heterocycles. The molecule has 2 aromatic carbocycles. The van der Waals surface area contributed by atoms with Crippen molar-refractivity contribution in [2.45, 2.75) is 33.2 Å². The van der Waals surface area contributed by atoms with Gasteiger partial charge < -0.3 is 9.84 Å². The summed E-state index contributed by atoms with van der Waals surface area (Å²) in [5, 5.41) is 6.81. The highest BCUT2D eigenvalue weighted by molar-refractivity contribution is 5.90. The van der Waals surface area contributed by atoms with Gasteiger partial charge in [-0.2, -0.15) is 4.98 Å². The number of nitrogens with zero attached hydrogens (tertiary/aromatic N) is 3. The van der Waals surface area contributed by atoms with E-state index in [4.69, 9.17) is 4.52 Å². The zero-order valence-electron chi connectivity index (χ0n) is 16.7. The lowest BCUT2D eigenvalue weighted by Crippen LogP contribution is -2.22. The number of hydrogen-bond acceptors (Lipinski definition) is 5. The van der Waals surface area contributed by atoms with E-state index in [0.29, 0.717) is 23.7 Å². The second-order valence-electron chi connectivity index (χ2n) is 6.73. The molecule has 0 saturated carbocycles. The summed E-state index contributed by atoms with van der Waals surface area (Å²) in [5.74, 6) is 0.307. The van der Waals surface area contributed by atoms with Crippen LogP contribution in [0.2, 0.25) is 0 Å². The zero-order chi connectivity index (χ0) is 20.6. The number of anilines is 1. The molecule has 0 aliphatic rings. The predicted octanol–water partition coefficient (Wildman–Crippen LogP) is 4.29. The van der Waals surface area contributed by atoms with E-state index in [1.807, 2.05) is 18.2 Å². The Hall–Kier alpha value is -3.06. The molecule has 0 bridgehead atoms. The lowest BCUT2D eigenvalue weighted by Gasteiger charge is -2.18. The number of amides is 1. The lowest BCUT2D eigenvalue weighted by molar-refractivity contribution is -0.116. The van der Waals surface area contributed by atoms with Crippen molar-refractivity contribution in [2.75, 3.05) is 18.4 Å². The maximum Gasteiger partial charge on any atom is 0.227 e. The van der Waals surface area contributed by atoms with Crippen LogP contribution in [0.15, 0.2) is 53.1 Å². The van der Waals surface area contributed by atoms with Crippen molar-refractivity contribution in [3.63, 3.8) is 0 Å². The van der Waals surface area contributed by atoms with Gasteiger partial charge in [0.05, 0.1) is 0 Å². The van der Waals surface area contributed by atoms with Gasteiger partial charge >= 0.3 is 0 Å². The highest BCUT2D eigenvalue weighted by Gasteiger charge is 2.11. The highest BCUT2D eigenvalue weighted by Crippen LogP contribution is 2.17. The molecule has 0 fully saturated rings. The van der Waals surface area contributed by atoms with Crippen LogP contribution in [-0.4, -0.2) is 34.0 Å². The monoisotopic (exact) mass is 396 g/mol. The molecule has 0 atom stereocenters. The summed E-state index contributed by atoms with van der Waals surface area (Å²) < 4.78 is 18.2. The summed E-state index contributed by atoms with van der Waals surface area (Å²) in [6.07, 6.45) is 0.560. The minimum absolute atomic E-state index is 0.119. The van der Waals surface area contributed by atoms with Crippen LogP contribution in [0.3, 0.4) is 0 Å². The number of hydrogen-bond donors (Lipinski definition) is 1. The maximum atomic E-state index is 13.0. The second kappa shape index (κ2) is 9.93. The Bertz CT molecular complexity index is 936. The second-order valence-corrected chi connectivity index (χ2v) is 6.73. The number of aryl methyl sites for hydroxylation is 1. The molecule has 1 heterocycles. The Balaban J connectivity index is 1.53. The number of halogens is 1. The van der Waals surface area contributed by atoms with Crippen LogP contribution >= 0.6 is 0 Å². The molecule has 3 aromatic rings. The van der Waals surface area contributed by atoms with Crippen LogP contribution in [0.1, 0.15) is 31.7 Å². The van der Waals surface area contributed by atoms with E-state index in [-0.39, 0.29) is 18.1 Å². The Kier molecular flexibility index (Phi) is 7.08.